The van der Waals surface area contributed by atoms with Crippen molar-refractivity contribution < 1.29 is 9.47 Å². The van der Waals surface area contributed by atoms with Gasteiger partial charge >= 0.3 is 0 Å². The quantitative estimate of drug-likeness (QED) is 0.717. The summed E-state index contributed by atoms with van der Waals surface area (Å²) in [5.74, 6) is 0.926. The van der Waals surface area contributed by atoms with Gasteiger partial charge < -0.3 is 14.8 Å². The highest BCUT2D eigenvalue weighted by Gasteiger charge is 2.20. The number of aromatic nitrogens is 1. The summed E-state index contributed by atoms with van der Waals surface area (Å²) in [4.78, 5) is 4.33. The van der Waals surface area contributed by atoms with Crippen LogP contribution in [0, 0.1) is 6.92 Å². The van der Waals surface area contributed by atoms with E-state index < -0.39 is 0 Å². The molecule has 1 aromatic heterocycles. The second-order valence-electron chi connectivity index (χ2n) is 4.63. The van der Waals surface area contributed by atoms with Gasteiger partial charge in [0.25, 0.3) is 0 Å². The number of pyridine rings is 1. The fraction of sp³-hybridized carbons (Fsp3) is 0.643. The molecule has 0 aliphatic heterocycles. The van der Waals surface area contributed by atoms with Gasteiger partial charge in [-0.2, -0.15) is 0 Å². The van der Waals surface area contributed by atoms with Crippen LogP contribution in [0.2, 0.25) is 0 Å². The first kappa shape index (κ1) is 13.3. The van der Waals surface area contributed by atoms with Gasteiger partial charge in [-0.15, -0.1) is 0 Å². The maximum atomic E-state index is 5.77. The first-order valence-corrected chi connectivity index (χ1v) is 6.69. The minimum Gasteiger partial charge on any atom is -0.491 e. The van der Waals surface area contributed by atoms with Crippen LogP contribution in [0.5, 0.6) is 5.75 Å². The molecule has 0 spiro atoms. The normalized spacial score (nSPS) is 14.8. The van der Waals surface area contributed by atoms with Crippen LogP contribution in [0.1, 0.15) is 31.0 Å². The van der Waals surface area contributed by atoms with Crippen LogP contribution >= 0.6 is 0 Å². The SMILES string of the molecule is CCOCCOc1cc(C)ncc1CNC1CC1. The van der Waals surface area contributed by atoms with Crippen molar-refractivity contribution in [3.05, 3.63) is 23.5 Å². The molecule has 4 heteroatoms. The molecular weight excluding hydrogens is 228 g/mol. The zero-order valence-electron chi connectivity index (χ0n) is 11.2. The van der Waals surface area contributed by atoms with Gasteiger partial charge in [0.05, 0.1) is 6.61 Å². The van der Waals surface area contributed by atoms with Crippen LogP contribution in [-0.4, -0.2) is 30.8 Å². The molecule has 4 nitrogen and oxygen atoms in total. The van der Waals surface area contributed by atoms with E-state index in [9.17, 15) is 0 Å². The van der Waals surface area contributed by atoms with E-state index in [1.807, 2.05) is 26.1 Å². The maximum Gasteiger partial charge on any atom is 0.127 e. The Morgan fingerprint density at radius 2 is 2.22 bits per heavy atom. The monoisotopic (exact) mass is 250 g/mol. The van der Waals surface area contributed by atoms with E-state index in [-0.39, 0.29) is 0 Å². The standard InChI is InChI=1S/C14H22N2O2/c1-3-17-6-7-18-14-8-11(2)15-9-12(14)10-16-13-4-5-13/h8-9,13,16H,3-7,10H2,1-2H3. The van der Waals surface area contributed by atoms with Crippen molar-refractivity contribution in [2.45, 2.75) is 39.3 Å². The molecule has 0 saturated heterocycles. The maximum absolute atomic E-state index is 5.77. The Kier molecular flexibility index (Phi) is 4.96. The van der Waals surface area contributed by atoms with Gasteiger partial charge in [0.1, 0.15) is 12.4 Å². The third-order valence-corrected chi connectivity index (χ3v) is 2.93. The molecular formula is C14H22N2O2. The number of rotatable bonds is 8. The highest BCUT2D eigenvalue weighted by molar-refractivity contribution is 5.32. The third kappa shape index (κ3) is 4.27. The summed E-state index contributed by atoms with van der Waals surface area (Å²) < 4.78 is 11.0. The van der Waals surface area contributed by atoms with Gasteiger partial charge in [-0.1, -0.05) is 0 Å². The molecule has 0 aromatic carbocycles. The Balaban J connectivity index is 1.89. The molecule has 1 fully saturated rings. The van der Waals surface area contributed by atoms with Gasteiger partial charge in [0.2, 0.25) is 0 Å². The van der Waals surface area contributed by atoms with Crippen molar-refractivity contribution >= 4 is 0 Å². The van der Waals surface area contributed by atoms with Gasteiger partial charge in [0, 0.05) is 42.7 Å². The van der Waals surface area contributed by atoms with E-state index in [4.69, 9.17) is 9.47 Å². The van der Waals surface area contributed by atoms with E-state index >= 15 is 0 Å². The van der Waals surface area contributed by atoms with Crippen LogP contribution in [0.25, 0.3) is 0 Å². The van der Waals surface area contributed by atoms with Crippen molar-refractivity contribution in [3.8, 4) is 5.75 Å². The van der Waals surface area contributed by atoms with E-state index in [1.54, 1.807) is 0 Å². The summed E-state index contributed by atoms with van der Waals surface area (Å²) in [6.07, 6.45) is 4.49. The Hall–Kier alpha value is -1.13. The number of hydrogen-bond donors (Lipinski definition) is 1. The molecule has 0 unspecified atom stereocenters. The second kappa shape index (κ2) is 6.71. The summed E-state index contributed by atoms with van der Waals surface area (Å²) in [6, 6.07) is 2.69. The summed E-state index contributed by atoms with van der Waals surface area (Å²) in [5.41, 5.74) is 2.11. The molecule has 0 bridgehead atoms. The lowest BCUT2D eigenvalue weighted by molar-refractivity contribution is 0.109. The van der Waals surface area contributed by atoms with E-state index in [1.165, 1.54) is 12.8 Å². The number of nitrogens with zero attached hydrogens (tertiary/aromatic N) is 1. The van der Waals surface area contributed by atoms with Crippen molar-refractivity contribution in [3.63, 3.8) is 0 Å². The zero-order valence-corrected chi connectivity index (χ0v) is 11.2. The lowest BCUT2D eigenvalue weighted by Gasteiger charge is -2.12. The molecule has 0 radical (unpaired) electrons. The van der Waals surface area contributed by atoms with E-state index in [2.05, 4.69) is 10.3 Å². The van der Waals surface area contributed by atoms with Crippen molar-refractivity contribution in [2.75, 3.05) is 19.8 Å². The van der Waals surface area contributed by atoms with Crippen molar-refractivity contribution in [2.24, 2.45) is 0 Å². The van der Waals surface area contributed by atoms with Gasteiger partial charge in [0.15, 0.2) is 0 Å². The van der Waals surface area contributed by atoms with E-state index in [0.29, 0.717) is 19.3 Å². The minimum absolute atomic E-state index is 0.591. The molecule has 1 aliphatic carbocycles. The Morgan fingerprint density at radius 3 is 2.94 bits per heavy atom. The summed E-state index contributed by atoms with van der Waals surface area (Å²) in [7, 11) is 0. The van der Waals surface area contributed by atoms with Crippen molar-refractivity contribution in [1.82, 2.24) is 10.3 Å². The predicted octanol–water partition coefficient (Wildman–Crippen LogP) is 2.06. The van der Waals surface area contributed by atoms with Crippen LogP contribution < -0.4 is 10.1 Å². The minimum atomic E-state index is 0.591. The highest BCUT2D eigenvalue weighted by Crippen LogP contribution is 2.22. The topological polar surface area (TPSA) is 43.4 Å². The molecule has 1 N–H and O–H groups in total. The molecule has 100 valence electrons. The largest absolute Gasteiger partial charge is 0.491 e. The molecule has 1 saturated carbocycles. The highest BCUT2D eigenvalue weighted by atomic mass is 16.5. The molecule has 0 amide bonds. The summed E-state index contributed by atoms with van der Waals surface area (Å²) >= 11 is 0. The average Bonchev–Trinajstić information content (AvgIpc) is 3.17. The first-order valence-electron chi connectivity index (χ1n) is 6.69. The number of ether oxygens (including phenoxy) is 2. The summed E-state index contributed by atoms with van der Waals surface area (Å²) in [6.45, 7) is 6.76. The predicted molar refractivity (Wildman–Crippen MR) is 70.8 cm³/mol. The zero-order chi connectivity index (χ0) is 12.8. The molecule has 1 aromatic rings. The smallest absolute Gasteiger partial charge is 0.127 e. The fourth-order valence-electron chi connectivity index (χ4n) is 1.73. The van der Waals surface area contributed by atoms with E-state index in [0.717, 1.165) is 30.2 Å². The molecule has 1 heterocycles. The molecule has 18 heavy (non-hydrogen) atoms. The van der Waals surface area contributed by atoms with Crippen LogP contribution in [0.3, 0.4) is 0 Å². The Labute approximate surface area is 109 Å². The number of nitrogens with one attached hydrogen (secondary N) is 1. The Morgan fingerprint density at radius 1 is 1.39 bits per heavy atom. The second-order valence-corrected chi connectivity index (χ2v) is 4.63. The van der Waals surface area contributed by atoms with Crippen LogP contribution in [0.4, 0.5) is 0 Å². The van der Waals surface area contributed by atoms with Gasteiger partial charge in [-0.3, -0.25) is 4.98 Å². The number of hydrogen-bond acceptors (Lipinski definition) is 4. The summed E-state index contributed by atoms with van der Waals surface area (Å²) in [5, 5.41) is 3.48. The molecule has 2 rings (SSSR count). The Bertz CT molecular complexity index is 378. The average molecular weight is 250 g/mol. The third-order valence-electron chi connectivity index (χ3n) is 2.93. The van der Waals surface area contributed by atoms with Crippen LogP contribution in [0.15, 0.2) is 12.3 Å². The van der Waals surface area contributed by atoms with Gasteiger partial charge in [-0.25, -0.2) is 0 Å². The van der Waals surface area contributed by atoms with Gasteiger partial charge in [-0.05, 0) is 26.7 Å². The number of aryl methyl sites for hydroxylation is 1. The van der Waals surface area contributed by atoms with Crippen molar-refractivity contribution in [1.29, 1.82) is 0 Å². The molecule has 1 aliphatic rings. The lowest BCUT2D eigenvalue weighted by Crippen LogP contribution is -2.17. The first-order chi connectivity index (χ1) is 8.79. The van der Waals surface area contributed by atoms with Crippen LogP contribution in [-0.2, 0) is 11.3 Å². The molecule has 0 atom stereocenters. The lowest BCUT2D eigenvalue weighted by atomic mass is 10.2. The fourth-order valence-corrected chi connectivity index (χ4v) is 1.73.